The Morgan fingerprint density at radius 3 is 2.81 bits per heavy atom. The highest BCUT2D eigenvalue weighted by molar-refractivity contribution is 9.11. The van der Waals surface area contributed by atoms with E-state index < -0.39 is 0 Å². The van der Waals surface area contributed by atoms with Crippen LogP contribution in [0.5, 0.6) is 0 Å². The second-order valence-corrected chi connectivity index (χ2v) is 7.78. The topological polar surface area (TPSA) is 49.8 Å². The first-order chi connectivity index (χ1) is 10.2. The zero-order valence-corrected chi connectivity index (χ0v) is 14.5. The number of aliphatic hydroxyl groups is 1. The molecule has 0 spiro atoms. The predicted molar refractivity (Wildman–Crippen MR) is 87.6 cm³/mol. The third-order valence-electron chi connectivity index (χ3n) is 3.68. The largest absolute Gasteiger partial charge is 0.394 e. The molecule has 1 aliphatic rings. The summed E-state index contributed by atoms with van der Waals surface area (Å²) in [7, 11) is 0. The number of rotatable bonds is 7. The number of ether oxygens (including phenoxy) is 1. The molecule has 2 heterocycles. The quantitative estimate of drug-likeness (QED) is 0.796. The minimum Gasteiger partial charge on any atom is -0.394 e. The Morgan fingerprint density at radius 1 is 1.43 bits per heavy atom. The summed E-state index contributed by atoms with van der Waals surface area (Å²) in [5.41, 5.74) is 0. The lowest BCUT2D eigenvalue weighted by atomic mass is 10.1. The van der Waals surface area contributed by atoms with Crippen molar-refractivity contribution in [3.8, 4) is 0 Å². The fraction of sp³-hybridized carbons (Fsp3) is 0.667. The van der Waals surface area contributed by atoms with E-state index in [1.807, 2.05) is 4.90 Å². The summed E-state index contributed by atoms with van der Waals surface area (Å²) >= 11 is 5.19. The van der Waals surface area contributed by atoms with Gasteiger partial charge in [0.1, 0.15) is 0 Å². The maximum absolute atomic E-state index is 12.2. The lowest BCUT2D eigenvalue weighted by Gasteiger charge is -2.32. The summed E-state index contributed by atoms with van der Waals surface area (Å²) in [6.45, 7) is 2.02. The third-order valence-corrected chi connectivity index (χ3v) is 5.37. The number of piperidine rings is 1. The average molecular weight is 376 g/mol. The number of halogens is 1. The van der Waals surface area contributed by atoms with E-state index in [2.05, 4.69) is 28.1 Å². The van der Waals surface area contributed by atoms with Gasteiger partial charge in [0.05, 0.1) is 23.1 Å². The summed E-state index contributed by atoms with van der Waals surface area (Å²) in [4.78, 5) is 15.4. The van der Waals surface area contributed by atoms with Crippen molar-refractivity contribution in [2.45, 2.75) is 38.2 Å². The maximum Gasteiger partial charge on any atom is 0.222 e. The van der Waals surface area contributed by atoms with Gasteiger partial charge in [-0.05, 0) is 53.7 Å². The lowest BCUT2D eigenvalue weighted by molar-refractivity contribution is -0.134. The number of nitrogens with zero attached hydrogens (tertiary/aromatic N) is 1. The van der Waals surface area contributed by atoms with Crippen LogP contribution in [0.2, 0.25) is 0 Å². The fourth-order valence-electron chi connectivity index (χ4n) is 2.55. The Bertz CT molecular complexity index is 444. The average Bonchev–Trinajstić information content (AvgIpc) is 2.91. The van der Waals surface area contributed by atoms with E-state index in [9.17, 15) is 4.79 Å². The van der Waals surface area contributed by atoms with Gasteiger partial charge < -0.3 is 14.7 Å². The number of aliphatic hydroxyl groups excluding tert-OH is 1. The summed E-state index contributed by atoms with van der Waals surface area (Å²) in [6, 6.07) is 4.17. The molecule has 0 aromatic carbocycles. The van der Waals surface area contributed by atoms with Crippen LogP contribution in [-0.2, 0) is 16.0 Å². The van der Waals surface area contributed by atoms with Crippen LogP contribution >= 0.6 is 27.3 Å². The van der Waals surface area contributed by atoms with Crippen molar-refractivity contribution >= 4 is 33.2 Å². The van der Waals surface area contributed by atoms with E-state index in [0.717, 1.165) is 42.6 Å². The monoisotopic (exact) mass is 375 g/mol. The van der Waals surface area contributed by atoms with E-state index in [4.69, 9.17) is 9.84 Å². The van der Waals surface area contributed by atoms with Crippen molar-refractivity contribution in [3.63, 3.8) is 0 Å². The molecule has 21 heavy (non-hydrogen) atoms. The molecule has 118 valence electrons. The molecule has 0 aliphatic carbocycles. The third kappa shape index (κ3) is 5.70. The van der Waals surface area contributed by atoms with Gasteiger partial charge in [0.2, 0.25) is 5.91 Å². The molecular weight excluding hydrogens is 354 g/mol. The Hall–Kier alpha value is -0.430. The molecule has 0 radical (unpaired) electrons. The SMILES string of the molecule is O=C(CCCc1ccc(Br)s1)N1CCC(OCCO)CC1. The molecule has 1 N–H and O–H groups in total. The van der Waals surface area contributed by atoms with Crippen molar-refractivity contribution in [1.29, 1.82) is 0 Å². The van der Waals surface area contributed by atoms with Gasteiger partial charge in [-0.25, -0.2) is 0 Å². The minimum atomic E-state index is 0.0674. The Balaban J connectivity index is 1.63. The molecule has 0 atom stereocenters. The molecule has 0 bridgehead atoms. The zero-order chi connectivity index (χ0) is 15.1. The van der Waals surface area contributed by atoms with Gasteiger partial charge in [0.15, 0.2) is 0 Å². The van der Waals surface area contributed by atoms with Crippen molar-refractivity contribution in [3.05, 3.63) is 20.8 Å². The summed E-state index contributed by atoms with van der Waals surface area (Å²) < 4.78 is 6.66. The fourth-order valence-corrected chi connectivity index (χ4v) is 4.07. The highest BCUT2D eigenvalue weighted by Crippen LogP contribution is 2.23. The van der Waals surface area contributed by atoms with Crippen molar-refractivity contribution < 1.29 is 14.6 Å². The molecule has 1 aliphatic heterocycles. The zero-order valence-electron chi connectivity index (χ0n) is 12.1. The van der Waals surface area contributed by atoms with Crippen molar-refractivity contribution in [1.82, 2.24) is 4.90 Å². The van der Waals surface area contributed by atoms with Gasteiger partial charge in [0, 0.05) is 24.4 Å². The van der Waals surface area contributed by atoms with Crippen molar-refractivity contribution in [2.24, 2.45) is 0 Å². The molecule has 1 aromatic heterocycles. The van der Waals surface area contributed by atoms with Crippen LogP contribution < -0.4 is 0 Å². The number of thiophene rings is 1. The first kappa shape index (κ1) is 16.9. The smallest absolute Gasteiger partial charge is 0.222 e. The van der Waals surface area contributed by atoms with Crippen LogP contribution in [0.15, 0.2) is 15.9 Å². The van der Waals surface area contributed by atoms with Gasteiger partial charge in [-0.2, -0.15) is 0 Å². The second kappa shape index (κ2) is 8.88. The Morgan fingerprint density at radius 2 is 2.19 bits per heavy atom. The van der Waals surface area contributed by atoms with Crippen molar-refractivity contribution in [2.75, 3.05) is 26.3 Å². The molecule has 1 aromatic rings. The van der Waals surface area contributed by atoms with Gasteiger partial charge in [-0.3, -0.25) is 4.79 Å². The molecule has 1 amide bonds. The van der Waals surface area contributed by atoms with Gasteiger partial charge >= 0.3 is 0 Å². The van der Waals surface area contributed by atoms with Crippen LogP contribution in [0.1, 0.15) is 30.6 Å². The molecule has 4 nitrogen and oxygen atoms in total. The van der Waals surface area contributed by atoms with Crippen LogP contribution in [0.3, 0.4) is 0 Å². The molecule has 6 heteroatoms. The molecule has 1 fully saturated rings. The van der Waals surface area contributed by atoms with E-state index >= 15 is 0 Å². The number of hydrogen-bond donors (Lipinski definition) is 1. The first-order valence-electron chi connectivity index (χ1n) is 7.43. The summed E-state index contributed by atoms with van der Waals surface area (Å²) in [6.07, 6.45) is 4.46. The van der Waals surface area contributed by atoms with Gasteiger partial charge in [0.25, 0.3) is 0 Å². The molecular formula is C15H22BrNO3S. The summed E-state index contributed by atoms with van der Waals surface area (Å²) in [5, 5.41) is 8.74. The maximum atomic E-state index is 12.2. The van der Waals surface area contributed by atoms with Crippen LogP contribution in [0.25, 0.3) is 0 Å². The molecule has 2 rings (SSSR count). The Kier molecular flexibility index (Phi) is 7.16. The Labute approximate surface area is 138 Å². The number of hydrogen-bond acceptors (Lipinski definition) is 4. The normalized spacial score (nSPS) is 16.4. The van der Waals surface area contributed by atoms with Gasteiger partial charge in [-0.15, -0.1) is 11.3 Å². The minimum absolute atomic E-state index is 0.0674. The molecule has 1 saturated heterocycles. The van der Waals surface area contributed by atoms with E-state index in [1.54, 1.807) is 11.3 Å². The van der Waals surface area contributed by atoms with E-state index in [0.29, 0.717) is 13.0 Å². The highest BCUT2D eigenvalue weighted by Gasteiger charge is 2.22. The highest BCUT2D eigenvalue weighted by atomic mass is 79.9. The molecule has 0 unspecified atom stereocenters. The van der Waals surface area contributed by atoms with Gasteiger partial charge in [-0.1, -0.05) is 0 Å². The van der Waals surface area contributed by atoms with Crippen LogP contribution in [-0.4, -0.2) is 48.3 Å². The lowest BCUT2D eigenvalue weighted by Crippen LogP contribution is -2.41. The van der Waals surface area contributed by atoms with E-state index in [1.165, 1.54) is 4.88 Å². The first-order valence-corrected chi connectivity index (χ1v) is 9.04. The van der Waals surface area contributed by atoms with E-state index in [-0.39, 0.29) is 18.6 Å². The number of carbonyl (C=O) groups is 1. The second-order valence-electron chi connectivity index (χ2n) is 5.23. The summed E-state index contributed by atoms with van der Waals surface area (Å²) in [5.74, 6) is 0.256. The number of likely N-dealkylation sites (tertiary alicyclic amines) is 1. The standard InChI is InChI=1S/C15H22BrNO3S/c16-14-5-4-13(21-14)2-1-3-15(19)17-8-6-12(7-9-17)20-11-10-18/h4-5,12,18H,1-3,6-11H2. The molecule has 0 saturated carbocycles. The predicted octanol–water partition coefficient (Wildman–Crippen LogP) is 2.83. The number of aryl methyl sites for hydroxylation is 1. The number of amides is 1. The van der Waals surface area contributed by atoms with Crippen LogP contribution in [0, 0.1) is 0 Å². The van der Waals surface area contributed by atoms with Crippen LogP contribution in [0.4, 0.5) is 0 Å². The number of carbonyl (C=O) groups excluding carboxylic acids is 1.